The van der Waals surface area contributed by atoms with Crippen molar-refractivity contribution in [1.82, 2.24) is 10.6 Å². The van der Waals surface area contributed by atoms with E-state index in [9.17, 15) is 4.79 Å². The Bertz CT molecular complexity index is 232. The Morgan fingerprint density at radius 3 is 2.71 bits per heavy atom. The third-order valence-electron chi connectivity index (χ3n) is 3.10. The largest absolute Gasteiger partial charge is 0.355 e. The van der Waals surface area contributed by atoms with E-state index in [-0.39, 0.29) is 24.2 Å². The number of carbonyl (C=O) groups is 1. The summed E-state index contributed by atoms with van der Waals surface area (Å²) in [4.78, 5) is 11.9. The molecule has 2 aliphatic rings. The number of carbonyl (C=O) groups excluding carboxylic acids is 1. The minimum atomic E-state index is 0. The molecule has 0 aromatic carbocycles. The average molecular weight is 297 g/mol. The summed E-state index contributed by atoms with van der Waals surface area (Å²) in [5, 5.41) is 7.04. The van der Waals surface area contributed by atoms with Crippen molar-refractivity contribution in [3.8, 4) is 0 Å². The van der Waals surface area contributed by atoms with E-state index in [0.717, 1.165) is 32.5 Å². The van der Waals surface area contributed by atoms with Gasteiger partial charge in [0.25, 0.3) is 0 Å². The zero-order valence-corrected chi connectivity index (χ0v) is 12.4. The van der Waals surface area contributed by atoms with E-state index in [0.29, 0.717) is 5.25 Å². The number of hydrogen-bond acceptors (Lipinski definition) is 4. The molecule has 2 fully saturated rings. The van der Waals surface area contributed by atoms with Crippen LogP contribution in [-0.2, 0) is 4.79 Å². The van der Waals surface area contributed by atoms with Crippen molar-refractivity contribution in [2.24, 2.45) is 5.92 Å². The van der Waals surface area contributed by atoms with Crippen molar-refractivity contribution in [3.05, 3.63) is 0 Å². The van der Waals surface area contributed by atoms with Gasteiger partial charge in [0.15, 0.2) is 0 Å². The number of nitrogens with one attached hydrogen (secondary N) is 2. The van der Waals surface area contributed by atoms with Gasteiger partial charge in [0.05, 0.1) is 0 Å². The number of amides is 1. The van der Waals surface area contributed by atoms with E-state index in [4.69, 9.17) is 0 Å². The van der Waals surface area contributed by atoms with Crippen LogP contribution in [0.5, 0.6) is 0 Å². The molecular formula is C11H21ClN2OS2. The summed E-state index contributed by atoms with van der Waals surface area (Å²) in [5.74, 6) is 4.22. The Morgan fingerprint density at radius 1 is 1.29 bits per heavy atom. The van der Waals surface area contributed by atoms with Crippen molar-refractivity contribution in [2.75, 3.05) is 36.9 Å². The highest BCUT2D eigenvalue weighted by molar-refractivity contribution is 8.06. The molecule has 17 heavy (non-hydrogen) atoms. The maximum atomic E-state index is 11.9. The van der Waals surface area contributed by atoms with E-state index < -0.39 is 0 Å². The Balaban J connectivity index is 0.00000144. The average Bonchev–Trinajstić information content (AvgIpc) is 2.38. The molecule has 2 rings (SSSR count). The number of hydrogen-bond donors (Lipinski definition) is 2. The summed E-state index contributed by atoms with van der Waals surface area (Å²) in [5.41, 5.74) is 0. The Labute approximate surface area is 118 Å². The highest BCUT2D eigenvalue weighted by Gasteiger charge is 2.22. The lowest BCUT2D eigenvalue weighted by Gasteiger charge is -2.25. The molecule has 2 saturated heterocycles. The van der Waals surface area contributed by atoms with Gasteiger partial charge in [0.2, 0.25) is 5.91 Å². The molecule has 0 aromatic heterocycles. The molecule has 1 unspecified atom stereocenters. The standard InChI is InChI=1S/C11H20N2OS2.ClH/c14-11(9-1-3-12-4-2-9)13-7-10-8-15-5-6-16-10;/h9-10,12H,1-8H2,(H,13,14);1H. The fourth-order valence-corrected chi connectivity index (χ4v) is 4.71. The van der Waals surface area contributed by atoms with Crippen LogP contribution in [0.4, 0.5) is 0 Å². The Kier molecular flexibility index (Phi) is 7.75. The van der Waals surface area contributed by atoms with Crippen molar-refractivity contribution in [3.63, 3.8) is 0 Å². The van der Waals surface area contributed by atoms with E-state index in [2.05, 4.69) is 10.6 Å². The highest BCUT2D eigenvalue weighted by atomic mass is 35.5. The SMILES string of the molecule is Cl.O=C(NCC1CSCCS1)C1CCNCC1. The molecule has 100 valence electrons. The van der Waals surface area contributed by atoms with Gasteiger partial charge in [-0.2, -0.15) is 23.5 Å². The van der Waals surface area contributed by atoms with E-state index in [1.54, 1.807) is 0 Å². The lowest BCUT2D eigenvalue weighted by atomic mass is 9.97. The minimum Gasteiger partial charge on any atom is -0.355 e. The summed E-state index contributed by atoms with van der Waals surface area (Å²) in [6, 6.07) is 0. The molecule has 6 heteroatoms. The summed E-state index contributed by atoms with van der Waals surface area (Å²) >= 11 is 4.01. The van der Waals surface area contributed by atoms with Gasteiger partial charge in [0.1, 0.15) is 0 Å². The molecule has 0 radical (unpaired) electrons. The van der Waals surface area contributed by atoms with Crippen LogP contribution in [0.2, 0.25) is 0 Å². The molecule has 0 saturated carbocycles. The Morgan fingerprint density at radius 2 is 2.06 bits per heavy atom. The van der Waals surface area contributed by atoms with Gasteiger partial charge in [-0.3, -0.25) is 4.79 Å². The van der Waals surface area contributed by atoms with E-state index in [1.807, 2.05) is 23.5 Å². The fraction of sp³-hybridized carbons (Fsp3) is 0.909. The normalized spacial score (nSPS) is 26.0. The first-order valence-electron chi connectivity index (χ1n) is 6.04. The summed E-state index contributed by atoms with van der Waals surface area (Å²) in [6.45, 7) is 2.85. The third-order valence-corrected chi connectivity index (χ3v) is 5.94. The van der Waals surface area contributed by atoms with Crippen LogP contribution >= 0.6 is 35.9 Å². The maximum Gasteiger partial charge on any atom is 0.223 e. The molecule has 2 N–H and O–H groups in total. The molecular weight excluding hydrogens is 276 g/mol. The summed E-state index contributed by atoms with van der Waals surface area (Å²) < 4.78 is 0. The van der Waals surface area contributed by atoms with Gasteiger partial charge in [0, 0.05) is 35.0 Å². The first-order chi connectivity index (χ1) is 7.86. The fourth-order valence-electron chi connectivity index (χ4n) is 2.10. The predicted octanol–water partition coefficient (Wildman–Crippen LogP) is 1.37. The van der Waals surface area contributed by atoms with Crippen LogP contribution in [0.3, 0.4) is 0 Å². The summed E-state index contributed by atoms with van der Waals surface area (Å²) in [6.07, 6.45) is 2.00. The first-order valence-corrected chi connectivity index (χ1v) is 8.24. The van der Waals surface area contributed by atoms with Crippen molar-refractivity contribution >= 4 is 41.8 Å². The summed E-state index contributed by atoms with van der Waals surface area (Å²) in [7, 11) is 0. The van der Waals surface area contributed by atoms with Crippen LogP contribution in [0.1, 0.15) is 12.8 Å². The van der Waals surface area contributed by atoms with E-state index >= 15 is 0 Å². The van der Waals surface area contributed by atoms with Crippen molar-refractivity contribution < 1.29 is 4.79 Å². The van der Waals surface area contributed by atoms with Gasteiger partial charge in [-0.1, -0.05) is 0 Å². The van der Waals surface area contributed by atoms with Crippen LogP contribution in [-0.4, -0.2) is 48.0 Å². The molecule has 0 bridgehead atoms. The lowest BCUT2D eigenvalue weighted by Crippen LogP contribution is -2.41. The van der Waals surface area contributed by atoms with Crippen LogP contribution < -0.4 is 10.6 Å². The quantitative estimate of drug-likeness (QED) is 0.825. The zero-order valence-electron chi connectivity index (χ0n) is 9.94. The van der Waals surface area contributed by atoms with Crippen molar-refractivity contribution in [1.29, 1.82) is 0 Å². The van der Waals surface area contributed by atoms with Gasteiger partial charge in [-0.15, -0.1) is 12.4 Å². The molecule has 3 nitrogen and oxygen atoms in total. The second-order valence-corrected chi connectivity index (χ2v) is 6.90. The maximum absolute atomic E-state index is 11.9. The molecule has 2 aliphatic heterocycles. The monoisotopic (exact) mass is 296 g/mol. The number of halogens is 1. The molecule has 2 heterocycles. The van der Waals surface area contributed by atoms with Gasteiger partial charge in [-0.25, -0.2) is 0 Å². The topological polar surface area (TPSA) is 41.1 Å². The minimum absolute atomic E-state index is 0. The molecule has 0 aromatic rings. The predicted molar refractivity (Wildman–Crippen MR) is 79.4 cm³/mol. The van der Waals surface area contributed by atoms with Crippen LogP contribution in [0.15, 0.2) is 0 Å². The van der Waals surface area contributed by atoms with Crippen LogP contribution in [0, 0.1) is 5.92 Å². The van der Waals surface area contributed by atoms with Crippen LogP contribution in [0.25, 0.3) is 0 Å². The van der Waals surface area contributed by atoms with Gasteiger partial charge >= 0.3 is 0 Å². The highest BCUT2D eigenvalue weighted by Crippen LogP contribution is 2.23. The van der Waals surface area contributed by atoms with Gasteiger partial charge in [-0.05, 0) is 25.9 Å². The molecule has 0 spiro atoms. The second kappa shape index (κ2) is 8.51. The molecule has 1 atom stereocenters. The van der Waals surface area contributed by atoms with E-state index in [1.165, 1.54) is 17.3 Å². The first kappa shape index (κ1) is 15.5. The molecule has 0 aliphatic carbocycles. The number of thioether (sulfide) groups is 2. The van der Waals surface area contributed by atoms with Crippen molar-refractivity contribution in [2.45, 2.75) is 18.1 Å². The number of piperidine rings is 1. The zero-order chi connectivity index (χ0) is 11.2. The lowest BCUT2D eigenvalue weighted by molar-refractivity contribution is -0.125. The second-order valence-electron chi connectivity index (χ2n) is 4.34. The number of rotatable bonds is 3. The molecule has 1 amide bonds. The smallest absolute Gasteiger partial charge is 0.223 e. The van der Waals surface area contributed by atoms with Gasteiger partial charge < -0.3 is 10.6 Å². The Hall–Kier alpha value is 0.420. The third kappa shape index (κ3) is 5.28.